The van der Waals surface area contributed by atoms with Gasteiger partial charge < -0.3 is 33.8 Å². The van der Waals surface area contributed by atoms with Crippen LogP contribution in [0.3, 0.4) is 0 Å². The summed E-state index contributed by atoms with van der Waals surface area (Å²) in [6.45, 7) is 6.96. The van der Waals surface area contributed by atoms with Gasteiger partial charge in [-0.1, -0.05) is 226 Å². The molecule has 0 radical (unpaired) electrons. The minimum absolute atomic E-state index is 0.0838. The standard InChI is InChI=1S/C61H114O17P2/c1-6-9-12-15-18-21-22-23-24-25-26-27-30-37-42-47-61(66)78-57(51-72-59(64)45-40-35-32-31-33-38-43-54(4)5)53-76-80(69,70)74-49-55(62)48-73-79(67,68)75-52-56(77-60(65)46-41-36-29-20-17-14-11-8-3)50-71-58(63)44-39-34-28-19-16-13-10-7-2/h21-24,54-57,62H,6-20,25-53H2,1-5H3,(H,67,68)(H,69,70)/b22-21-,24-23-/t55-,56+,57+/m0/s1. The number of carbonyl (C=O) groups excluding carboxylic acids is 4. The van der Waals surface area contributed by atoms with Crippen LogP contribution in [0.5, 0.6) is 0 Å². The van der Waals surface area contributed by atoms with Crippen molar-refractivity contribution in [3.63, 3.8) is 0 Å². The highest BCUT2D eigenvalue weighted by Crippen LogP contribution is 2.45. The van der Waals surface area contributed by atoms with Gasteiger partial charge in [0.2, 0.25) is 0 Å². The van der Waals surface area contributed by atoms with Crippen molar-refractivity contribution in [3.8, 4) is 0 Å². The molecule has 0 bridgehead atoms. The molecule has 0 spiro atoms. The quantitative estimate of drug-likeness (QED) is 0.0169. The van der Waals surface area contributed by atoms with Gasteiger partial charge >= 0.3 is 39.5 Å². The number of phosphoric ester groups is 2. The topological polar surface area (TPSA) is 237 Å². The van der Waals surface area contributed by atoms with Gasteiger partial charge in [0.15, 0.2) is 12.2 Å². The van der Waals surface area contributed by atoms with Crippen LogP contribution in [-0.2, 0) is 65.4 Å². The Morgan fingerprint density at radius 3 is 1.02 bits per heavy atom. The Kier molecular flexibility index (Phi) is 52.8. The lowest BCUT2D eigenvalue weighted by atomic mass is 10.0. The van der Waals surface area contributed by atoms with Gasteiger partial charge in [-0.15, -0.1) is 0 Å². The van der Waals surface area contributed by atoms with Gasteiger partial charge in [0.05, 0.1) is 26.4 Å². The molecule has 5 atom stereocenters. The Morgan fingerprint density at radius 2 is 0.675 bits per heavy atom. The maximum absolute atomic E-state index is 12.9. The number of esters is 4. The summed E-state index contributed by atoms with van der Waals surface area (Å²) in [5.41, 5.74) is 0. The number of hydrogen-bond donors (Lipinski definition) is 3. The number of carbonyl (C=O) groups is 4. The second-order valence-corrected chi connectivity index (χ2v) is 24.8. The van der Waals surface area contributed by atoms with E-state index >= 15 is 0 Å². The number of ether oxygens (including phenoxy) is 4. The number of hydrogen-bond acceptors (Lipinski definition) is 15. The lowest BCUT2D eigenvalue weighted by Crippen LogP contribution is -2.30. The second-order valence-electron chi connectivity index (χ2n) is 21.9. The summed E-state index contributed by atoms with van der Waals surface area (Å²) in [5.74, 6) is -1.50. The van der Waals surface area contributed by atoms with E-state index in [0.29, 0.717) is 31.6 Å². The van der Waals surface area contributed by atoms with Crippen molar-refractivity contribution >= 4 is 39.5 Å². The lowest BCUT2D eigenvalue weighted by Gasteiger charge is -2.21. The van der Waals surface area contributed by atoms with Crippen LogP contribution in [-0.4, -0.2) is 96.7 Å². The summed E-state index contributed by atoms with van der Waals surface area (Å²) in [5, 5.41) is 10.5. The van der Waals surface area contributed by atoms with Crippen LogP contribution in [0.25, 0.3) is 0 Å². The first-order chi connectivity index (χ1) is 38.5. The molecule has 470 valence electrons. The van der Waals surface area contributed by atoms with Crippen molar-refractivity contribution in [1.29, 1.82) is 0 Å². The molecule has 0 aromatic carbocycles. The number of aliphatic hydroxyl groups is 1. The van der Waals surface area contributed by atoms with Crippen LogP contribution in [0.15, 0.2) is 24.3 Å². The predicted octanol–water partition coefficient (Wildman–Crippen LogP) is 16.2. The molecule has 0 aromatic heterocycles. The third-order valence-corrected chi connectivity index (χ3v) is 15.3. The van der Waals surface area contributed by atoms with Crippen molar-refractivity contribution in [2.75, 3.05) is 39.6 Å². The number of aliphatic hydroxyl groups excluding tert-OH is 1. The second kappa shape index (κ2) is 54.5. The number of unbranched alkanes of at least 4 members (excludes halogenated alkanes) is 28. The van der Waals surface area contributed by atoms with Gasteiger partial charge in [0, 0.05) is 25.7 Å². The van der Waals surface area contributed by atoms with Crippen molar-refractivity contribution in [1.82, 2.24) is 0 Å². The predicted molar refractivity (Wildman–Crippen MR) is 317 cm³/mol. The first kappa shape index (κ1) is 77.5. The SMILES string of the molecule is CCCCCC/C=C\C=C/CCCCCCCC(=O)O[C@H](COC(=O)CCCCCCCCC(C)C)COP(=O)(O)OC[C@@H](O)COP(=O)(O)OC[C@@H](COC(=O)CCCCCCCCCC)OC(=O)CCCCCCCCCC. The van der Waals surface area contributed by atoms with Gasteiger partial charge in [-0.25, -0.2) is 9.13 Å². The van der Waals surface area contributed by atoms with E-state index < -0.39 is 97.5 Å². The zero-order valence-corrected chi connectivity index (χ0v) is 52.5. The highest BCUT2D eigenvalue weighted by molar-refractivity contribution is 7.47. The molecule has 80 heavy (non-hydrogen) atoms. The van der Waals surface area contributed by atoms with E-state index in [-0.39, 0.29) is 25.7 Å². The molecule has 0 saturated carbocycles. The Hall–Kier alpha value is -2.46. The van der Waals surface area contributed by atoms with E-state index in [4.69, 9.17) is 37.0 Å². The van der Waals surface area contributed by atoms with E-state index in [1.807, 2.05) is 0 Å². The fraction of sp³-hybridized carbons (Fsp3) is 0.869. The minimum atomic E-state index is -4.95. The summed E-state index contributed by atoms with van der Waals surface area (Å²) < 4.78 is 67.7. The van der Waals surface area contributed by atoms with Crippen LogP contribution in [0.1, 0.15) is 279 Å². The molecule has 2 unspecified atom stereocenters. The van der Waals surface area contributed by atoms with Crippen LogP contribution in [0, 0.1) is 5.92 Å². The van der Waals surface area contributed by atoms with Crippen molar-refractivity contribution in [2.24, 2.45) is 5.92 Å². The first-order valence-corrected chi connectivity index (χ1v) is 34.4. The largest absolute Gasteiger partial charge is 0.472 e. The molecule has 0 fully saturated rings. The van der Waals surface area contributed by atoms with Crippen LogP contribution in [0.2, 0.25) is 0 Å². The van der Waals surface area contributed by atoms with Gasteiger partial charge in [-0.05, 0) is 57.3 Å². The van der Waals surface area contributed by atoms with Crippen LogP contribution in [0.4, 0.5) is 0 Å². The molecule has 0 aliphatic carbocycles. The molecule has 19 heteroatoms. The first-order valence-electron chi connectivity index (χ1n) is 31.5. The third kappa shape index (κ3) is 54.8. The minimum Gasteiger partial charge on any atom is -0.462 e. The molecule has 0 heterocycles. The Morgan fingerprint density at radius 1 is 0.388 bits per heavy atom. The molecule has 0 amide bonds. The normalized spacial score (nSPS) is 14.5. The summed E-state index contributed by atoms with van der Waals surface area (Å²) in [6.07, 6.45) is 40.0. The average molecular weight is 1180 g/mol. The van der Waals surface area contributed by atoms with E-state index in [1.165, 1.54) is 70.6 Å². The Bertz CT molecular complexity index is 1660. The number of phosphoric acid groups is 2. The molecule has 0 rings (SSSR count). The zero-order chi connectivity index (χ0) is 59.2. The molecule has 0 aliphatic heterocycles. The van der Waals surface area contributed by atoms with E-state index in [1.54, 1.807) is 0 Å². The zero-order valence-electron chi connectivity index (χ0n) is 50.7. The molecular formula is C61H114O17P2. The monoisotopic (exact) mass is 1180 g/mol. The Labute approximate surface area is 484 Å². The average Bonchev–Trinajstić information content (AvgIpc) is 3.42. The molecular weight excluding hydrogens is 1070 g/mol. The molecule has 0 aliphatic rings. The highest BCUT2D eigenvalue weighted by Gasteiger charge is 2.30. The van der Waals surface area contributed by atoms with Gasteiger partial charge in [-0.3, -0.25) is 37.3 Å². The molecule has 3 N–H and O–H groups in total. The van der Waals surface area contributed by atoms with E-state index in [0.717, 1.165) is 122 Å². The van der Waals surface area contributed by atoms with E-state index in [9.17, 15) is 43.2 Å². The fourth-order valence-electron chi connectivity index (χ4n) is 8.51. The van der Waals surface area contributed by atoms with Crippen LogP contribution >= 0.6 is 15.6 Å². The summed E-state index contributed by atoms with van der Waals surface area (Å²) >= 11 is 0. The maximum atomic E-state index is 12.9. The third-order valence-electron chi connectivity index (χ3n) is 13.4. The summed E-state index contributed by atoms with van der Waals surface area (Å²) in [4.78, 5) is 71.8. The number of allylic oxidation sites excluding steroid dienone is 4. The lowest BCUT2D eigenvalue weighted by molar-refractivity contribution is -0.161. The van der Waals surface area contributed by atoms with Gasteiger partial charge in [-0.2, -0.15) is 0 Å². The van der Waals surface area contributed by atoms with Gasteiger partial charge in [0.25, 0.3) is 0 Å². The maximum Gasteiger partial charge on any atom is 0.472 e. The van der Waals surface area contributed by atoms with Crippen LogP contribution < -0.4 is 0 Å². The van der Waals surface area contributed by atoms with Crippen molar-refractivity contribution < 1.29 is 80.2 Å². The van der Waals surface area contributed by atoms with Crippen molar-refractivity contribution in [3.05, 3.63) is 24.3 Å². The molecule has 0 aromatic rings. The molecule has 0 saturated heterocycles. The smallest absolute Gasteiger partial charge is 0.462 e. The highest BCUT2D eigenvalue weighted by atomic mass is 31.2. The van der Waals surface area contributed by atoms with Gasteiger partial charge in [0.1, 0.15) is 19.3 Å². The number of rotatable bonds is 59. The Balaban J connectivity index is 5.23. The fourth-order valence-corrected chi connectivity index (χ4v) is 10.1. The summed E-state index contributed by atoms with van der Waals surface area (Å²) in [6, 6.07) is 0. The van der Waals surface area contributed by atoms with E-state index in [2.05, 4.69) is 58.9 Å². The van der Waals surface area contributed by atoms with Crippen molar-refractivity contribution in [2.45, 2.75) is 297 Å². The molecule has 17 nitrogen and oxygen atoms in total. The summed E-state index contributed by atoms with van der Waals surface area (Å²) in [7, 11) is -9.88.